The van der Waals surface area contributed by atoms with Gasteiger partial charge in [0.25, 0.3) is 0 Å². The van der Waals surface area contributed by atoms with Crippen LogP contribution in [-0.4, -0.2) is 24.2 Å². The second kappa shape index (κ2) is 5.50. The Balaban J connectivity index is 2.23. The third kappa shape index (κ3) is 3.71. The van der Waals surface area contributed by atoms with E-state index in [9.17, 15) is 4.79 Å². The largest absolute Gasteiger partial charge is 0.361 e. The van der Waals surface area contributed by atoms with Crippen molar-refractivity contribution in [2.24, 2.45) is 0 Å². The van der Waals surface area contributed by atoms with E-state index in [1.807, 2.05) is 13.8 Å². The van der Waals surface area contributed by atoms with Crippen LogP contribution in [0.2, 0.25) is 0 Å². The lowest BCUT2D eigenvalue weighted by molar-refractivity contribution is -0.118. The number of rotatable bonds is 5. The molecule has 0 saturated heterocycles. The molecule has 0 fully saturated rings. The molecule has 0 atom stereocenters. The van der Waals surface area contributed by atoms with E-state index < -0.39 is 0 Å². The van der Waals surface area contributed by atoms with Crippen LogP contribution in [0.4, 0.5) is 0 Å². The van der Waals surface area contributed by atoms with Crippen molar-refractivity contribution in [1.29, 1.82) is 0 Å². The van der Waals surface area contributed by atoms with Gasteiger partial charge in [-0.15, -0.1) is 0 Å². The molecule has 0 saturated carbocycles. The molecule has 1 rings (SSSR count). The predicted octanol–water partition coefficient (Wildman–Crippen LogP) is 0.517. The van der Waals surface area contributed by atoms with Crippen LogP contribution in [0, 0.1) is 13.8 Å². The Hall–Kier alpha value is -1.36. The zero-order valence-electron chi connectivity index (χ0n) is 9.39. The molecule has 0 aliphatic carbocycles. The van der Waals surface area contributed by atoms with Gasteiger partial charge in [-0.25, -0.2) is 0 Å². The summed E-state index contributed by atoms with van der Waals surface area (Å²) in [4.78, 5) is 10.6. The average molecular weight is 211 g/mol. The molecule has 5 heteroatoms. The Kier molecular flexibility index (Phi) is 4.30. The lowest BCUT2D eigenvalue weighted by Crippen LogP contribution is -2.30. The summed E-state index contributed by atoms with van der Waals surface area (Å²) in [7, 11) is 0. The van der Waals surface area contributed by atoms with Crippen molar-refractivity contribution in [2.45, 2.75) is 27.3 Å². The number of carbonyl (C=O) groups is 1. The van der Waals surface area contributed by atoms with Crippen molar-refractivity contribution < 1.29 is 9.32 Å². The standard InChI is InChI=1S/C10H17N3O2/c1-7-10(8(2)15-13-7)6-11-4-5-12-9(3)14/h11H,4-6H2,1-3H3,(H,12,14). The number of nitrogens with zero attached hydrogens (tertiary/aromatic N) is 1. The molecule has 1 amide bonds. The maximum atomic E-state index is 10.6. The first-order chi connectivity index (χ1) is 7.11. The van der Waals surface area contributed by atoms with E-state index in [4.69, 9.17) is 4.52 Å². The molecule has 15 heavy (non-hydrogen) atoms. The van der Waals surface area contributed by atoms with Gasteiger partial charge in [0, 0.05) is 32.1 Å². The fraction of sp³-hybridized carbons (Fsp3) is 0.600. The number of aromatic nitrogens is 1. The highest BCUT2D eigenvalue weighted by molar-refractivity contribution is 5.72. The van der Waals surface area contributed by atoms with Crippen LogP contribution in [0.1, 0.15) is 23.9 Å². The van der Waals surface area contributed by atoms with E-state index in [0.29, 0.717) is 6.54 Å². The van der Waals surface area contributed by atoms with E-state index in [1.54, 1.807) is 0 Å². The average Bonchev–Trinajstić information content (AvgIpc) is 2.47. The smallest absolute Gasteiger partial charge is 0.216 e. The molecule has 0 aromatic carbocycles. The number of nitrogens with one attached hydrogen (secondary N) is 2. The molecule has 1 aromatic heterocycles. The number of carbonyl (C=O) groups excluding carboxylic acids is 1. The summed E-state index contributed by atoms with van der Waals surface area (Å²) in [6.07, 6.45) is 0. The van der Waals surface area contributed by atoms with E-state index in [0.717, 1.165) is 30.1 Å². The highest BCUT2D eigenvalue weighted by Crippen LogP contribution is 2.10. The summed E-state index contributed by atoms with van der Waals surface area (Å²) in [5, 5.41) is 9.78. The molecule has 0 unspecified atom stereocenters. The molecule has 0 spiro atoms. The summed E-state index contributed by atoms with van der Waals surface area (Å²) in [5.74, 6) is 0.841. The molecule has 0 radical (unpaired) electrons. The highest BCUT2D eigenvalue weighted by Gasteiger charge is 2.07. The minimum absolute atomic E-state index is 0.00543. The first-order valence-electron chi connectivity index (χ1n) is 4.98. The van der Waals surface area contributed by atoms with Gasteiger partial charge in [0.15, 0.2) is 0 Å². The highest BCUT2D eigenvalue weighted by atomic mass is 16.5. The maximum Gasteiger partial charge on any atom is 0.216 e. The minimum Gasteiger partial charge on any atom is -0.361 e. The molecule has 1 heterocycles. The molecule has 0 aliphatic rings. The van der Waals surface area contributed by atoms with Crippen LogP contribution in [0.25, 0.3) is 0 Å². The number of hydrogen-bond donors (Lipinski definition) is 2. The quantitative estimate of drug-likeness (QED) is 0.697. The van der Waals surface area contributed by atoms with Gasteiger partial charge in [0.1, 0.15) is 5.76 Å². The minimum atomic E-state index is -0.00543. The van der Waals surface area contributed by atoms with Gasteiger partial charge in [-0.1, -0.05) is 5.16 Å². The Morgan fingerprint density at radius 1 is 1.40 bits per heavy atom. The van der Waals surface area contributed by atoms with Crippen LogP contribution in [0.5, 0.6) is 0 Å². The van der Waals surface area contributed by atoms with Crippen molar-refractivity contribution in [1.82, 2.24) is 15.8 Å². The molecule has 5 nitrogen and oxygen atoms in total. The van der Waals surface area contributed by atoms with Gasteiger partial charge in [-0.05, 0) is 13.8 Å². The third-order valence-corrected chi connectivity index (χ3v) is 2.16. The molecule has 0 bridgehead atoms. The monoisotopic (exact) mass is 211 g/mol. The Bertz CT molecular complexity index is 314. The van der Waals surface area contributed by atoms with Crippen LogP contribution in [0.15, 0.2) is 4.52 Å². The van der Waals surface area contributed by atoms with Crippen molar-refractivity contribution in [3.05, 3.63) is 17.0 Å². The van der Waals surface area contributed by atoms with Crippen molar-refractivity contribution in [2.75, 3.05) is 13.1 Å². The fourth-order valence-electron chi connectivity index (χ4n) is 1.29. The summed E-state index contributed by atoms with van der Waals surface area (Å²) >= 11 is 0. The molecule has 84 valence electrons. The predicted molar refractivity (Wildman–Crippen MR) is 56.4 cm³/mol. The van der Waals surface area contributed by atoms with Gasteiger partial charge in [-0.3, -0.25) is 4.79 Å². The summed E-state index contributed by atoms with van der Waals surface area (Å²) in [5.41, 5.74) is 2.01. The first kappa shape index (κ1) is 11.7. The number of amides is 1. The Morgan fingerprint density at radius 3 is 2.67 bits per heavy atom. The van der Waals surface area contributed by atoms with Gasteiger partial charge in [0.2, 0.25) is 5.91 Å². The third-order valence-electron chi connectivity index (χ3n) is 2.16. The Labute approximate surface area is 89.2 Å². The summed E-state index contributed by atoms with van der Waals surface area (Å²) in [6.45, 7) is 7.42. The number of hydrogen-bond acceptors (Lipinski definition) is 4. The van der Waals surface area contributed by atoms with Crippen molar-refractivity contribution in [3.8, 4) is 0 Å². The lowest BCUT2D eigenvalue weighted by Gasteiger charge is -2.04. The van der Waals surface area contributed by atoms with E-state index in [2.05, 4.69) is 15.8 Å². The fourth-order valence-corrected chi connectivity index (χ4v) is 1.29. The number of aryl methyl sites for hydroxylation is 2. The summed E-state index contributed by atoms with van der Waals surface area (Å²) < 4.78 is 5.03. The molecule has 0 aliphatic heterocycles. The Morgan fingerprint density at radius 2 is 2.13 bits per heavy atom. The van der Waals surface area contributed by atoms with Crippen molar-refractivity contribution >= 4 is 5.91 Å². The summed E-state index contributed by atoms with van der Waals surface area (Å²) in [6, 6.07) is 0. The topological polar surface area (TPSA) is 67.2 Å². The first-order valence-corrected chi connectivity index (χ1v) is 4.98. The molecular formula is C10H17N3O2. The van der Waals surface area contributed by atoms with Crippen LogP contribution < -0.4 is 10.6 Å². The van der Waals surface area contributed by atoms with E-state index in [1.165, 1.54) is 6.92 Å². The maximum absolute atomic E-state index is 10.6. The van der Waals surface area contributed by atoms with Crippen LogP contribution in [-0.2, 0) is 11.3 Å². The normalized spacial score (nSPS) is 10.3. The second-order valence-electron chi connectivity index (χ2n) is 3.46. The zero-order chi connectivity index (χ0) is 11.3. The lowest BCUT2D eigenvalue weighted by atomic mass is 10.2. The van der Waals surface area contributed by atoms with Gasteiger partial charge < -0.3 is 15.2 Å². The van der Waals surface area contributed by atoms with E-state index in [-0.39, 0.29) is 5.91 Å². The van der Waals surface area contributed by atoms with Crippen LogP contribution >= 0.6 is 0 Å². The molecule has 2 N–H and O–H groups in total. The zero-order valence-corrected chi connectivity index (χ0v) is 9.39. The van der Waals surface area contributed by atoms with Gasteiger partial charge in [0.05, 0.1) is 5.69 Å². The molecular weight excluding hydrogens is 194 g/mol. The van der Waals surface area contributed by atoms with Gasteiger partial charge >= 0.3 is 0 Å². The second-order valence-corrected chi connectivity index (χ2v) is 3.46. The molecule has 1 aromatic rings. The van der Waals surface area contributed by atoms with Gasteiger partial charge in [-0.2, -0.15) is 0 Å². The van der Waals surface area contributed by atoms with E-state index >= 15 is 0 Å². The van der Waals surface area contributed by atoms with Crippen molar-refractivity contribution in [3.63, 3.8) is 0 Å². The van der Waals surface area contributed by atoms with Crippen LogP contribution in [0.3, 0.4) is 0 Å². The SMILES string of the molecule is CC(=O)NCCNCc1c(C)noc1C.